The Labute approximate surface area is 103 Å². The number of anilines is 1. The third kappa shape index (κ3) is 2.41. The Hall–Kier alpha value is -2.12. The van der Waals surface area contributed by atoms with Crippen LogP contribution in [0.2, 0.25) is 0 Å². The molecule has 1 atom stereocenters. The molecule has 1 unspecified atom stereocenters. The van der Waals surface area contributed by atoms with E-state index < -0.39 is 10.9 Å². The molecular formula is C10H14N4O4. The summed E-state index contributed by atoms with van der Waals surface area (Å²) in [4.78, 5) is 22.8. The molecule has 98 valence electrons. The van der Waals surface area contributed by atoms with Gasteiger partial charge in [-0.3, -0.25) is 19.6 Å². The van der Waals surface area contributed by atoms with Crippen LogP contribution in [-0.4, -0.2) is 38.9 Å². The summed E-state index contributed by atoms with van der Waals surface area (Å²) in [5.41, 5.74) is -0.0338. The normalized spacial score (nSPS) is 19.2. The molecule has 0 bridgehead atoms. The summed E-state index contributed by atoms with van der Waals surface area (Å²) in [6.45, 7) is 1.11. The Kier molecular flexibility index (Phi) is 3.17. The molecule has 1 aromatic rings. The van der Waals surface area contributed by atoms with E-state index in [0.29, 0.717) is 18.9 Å². The van der Waals surface area contributed by atoms with Crippen molar-refractivity contribution < 1.29 is 14.8 Å². The van der Waals surface area contributed by atoms with E-state index in [1.807, 2.05) is 0 Å². The van der Waals surface area contributed by atoms with Crippen LogP contribution in [0.4, 0.5) is 11.5 Å². The predicted octanol–water partition coefficient (Wildman–Crippen LogP) is 0.629. The molecule has 8 heteroatoms. The van der Waals surface area contributed by atoms with Crippen LogP contribution in [0.1, 0.15) is 12.8 Å². The first-order chi connectivity index (χ1) is 8.47. The van der Waals surface area contributed by atoms with Gasteiger partial charge < -0.3 is 10.0 Å². The van der Waals surface area contributed by atoms with E-state index in [0.717, 1.165) is 6.42 Å². The number of hydrogen-bond acceptors (Lipinski definition) is 5. The Morgan fingerprint density at radius 2 is 2.44 bits per heavy atom. The van der Waals surface area contributed by atoms with Gasteiger partial charge in [-0.2, -0.15) is 0 Å². The first kappa shape index (κ1) is 12.3. The zero-order valence-corrected chi connectivity index (χ0v) is 9.94. The van der Waals surface area contributed by atoms with Gasteiger partial charge in [-0.05, 0) is 12.3 Å². The lowest BCUT2D eigenvalue weighted by molar-refractivity contribution is -0.384. The lowest BCUT2D eigenvalue weighted by atomic mass is 10.1. The zero-order chi connectivity index (χ0) is 13.3. The molecule has 1 aliphatic rings. The maximum atomic E-state index is 10.9. The van der Waals surface area contributed by atoms with Gasteiger partial charge in [0.1, 0.15) is 6.20 Å². The van der Waals surface area contributed by atoms with Gasteiger partial charge in [-0.1, -0.05) is 0 Å². The van der Waals surface area contributed by atoms with Crippen molar-refractivity contribution in [2.75, 3.05) is 18.0 Å². The van der Waals surface area contributed by atoms with E-state index in [1.165, 1.54) is 10.9 Å². The van der Waals surface area contributed by atoms with Gasteiger partial charge in [0, 0.05) is 26.6 Å². The fourth-order valence-corrected chi connectivity index (χ4v) is 2.26. The van der Waals surface area contributed by atoms with Crippen molar-refractivity contribution in [2.45, 2.75) is 12.8 Å². The van der Waals surface area contributed by atoms with Gasteiger partial charge >= 0.3 is 11.7 Å². The number of rotatable bonds is 4. The van der Waals surface area contributed by atoms with Crippen molar-refractivity contribution in [3.05, 3.63) is 16.3 Å². The predicted molar refractivity (Wildman–Crippen MR) is 62.4 cm³/mol. The minimum atomic E-state index is -0.836. The van der Waals surface area contributed by atoms with Gasteiger partial charge in [-0.15, -0.1) is 5.10 Å². The quantitative estimate of drug-likeness (QED) is 0.624. The molecule has 0 amide bonds. The molecular weight excluding hydrogens is 240 g/mol. The van der Waals surface area contributed by atoms with Crippen molar-refractivity contribution in [3.63, 3.8) is 0 Å². The van der Waals surface area contributed by atoms with Gasteiger partial charge in [0.25, 0.3) is 0 Å². The second kappa shape index (κ2) is 4.63. The van der Waals surface area contributed by atoms with Crippen LogP contribution in [0, 0.1) is 16.0 Å². The lowest BCUT2D eigenvalue weighted by Crippen LogP contribution is -2.22. The van der Waals surface area contributed by atoms with Crippen LogP contribution in [0.5, 0.6) is 0 Å². The van der Waals surface area contributed by atoms with Crippen molar-refractivity contribution in [1.29, 1.82) is 0 Å². The van der Waals surface area contributed by atoms with E-state index in [2.05, 4.69) is 5.10 Å². The van der Waals surface area contributed by atoms with E-state index in [9.17, 15) is 14.9 Å². The van der Waals surface area contributed by atoms with Crippen LogP contribution < -0.4 is 4.90 Å². The fourth-order valence-electron chi connectivity index (χ4n) is 2.26. The molecule has 1 saturated heterocycles. The second-order valence-corrected chi connectivity index (χ2v) is 4.47. The summed E-state index contributed by atoms with van der Waals surface area (Å²) in [6, 6.07) is 0. The monoisotopic (exact) mass is 254 g/mol. The third-order valence-electron chi connectivity index (χ3n) is 3.04. The Balaban J connectivity index is 2.14. The average molecular weight is 254 g/mol. The molecule has 18 heavy (non-hydrogen) atoms. The summed E-state index contributed by atoms with van der Waals surface area (Å²) >= 11 is 0. The second-order valence-electron chi connectivity index (χ2n) is 4.47. The maximum Gasteiger partial charge on any atom is 0.330 e. The Bertz CT molecular complexity index is 484. The molecule has 2 heterocycles. The molecule has 0 saturated carbocycles. The van der Waals surface area contributed by atoms with Gasteiger partial charge in [0.2, 0.25) is 5.82 Å². The van der Waals surface area contributed by atoms with Crippen molar-refractivity contribution in [2.24, 2.45) is 13.0 Å². The minimum absolute atomic E-state index is 0.0316. The largest absolute Gasteiger partial charge is 0.481 e. The summed E-state index contributed by atoms with van der Waals surface area (Å²) in [7, 11) is 1.63. The highest BCUT2D eigenvalue weighted by Crippen LogP contribution is 2.31. The number of carboxylic acid groups (broad SMARTS) is 1. The Morgan fingerprint density at radius 1 is 1.72 bits per heavy atom. The molecule has 0 aromatic carbocycles. The standard InChI is InChI=1S/C10H14N4O4/c1-12-6-8(14(17)18)10(11-12)13-3-2-7(5-13)4-9(15)16/h6-7H,2-5H2,1H3,(H,15,16). The number of nitrogens with zero attached hydrogens (tertiary/aromatic N) is 4. The molecule has 1 N–H and O–H groups in total. The topological polar surface area (TPSA) is 102 Å². The maximum absolute atomic E-state index is 10.9. The van der Waals surface area contributed by atoms with Crippen LogP contribution in [-0.2, 0) is 11.8 Å². The number of nitro groups is 1. The lowest BCUT2D eigenvalue weighted by Gasteiger charge is -2.14. The Morgan fingerprint density at radius 3 is 3.06 bits per heavy atom. The first-order valence-corrected chi connectivity index (χ1v) is 5.62. The number of aryl methyl sites for hydroxylation is 1. The third-order valence-corrected chi connectivity index (χ3v) is 3.04. The van der Waals surface area contributed by atoms with E-state index in [4.69, 9.17) is 5.11 Å². The molecule has 0 radical (unpaired) electrons. The summed E-state index contributed by atoms with van der Waals surface area (Å²) in [5, 5.41) is 23.7. The first-order valence-electron chi connectivity index (χ1n) is 5.62. The van der Waals surface area contributed by atoms with Gasteiger partial charge in [-0.25, -0.2) is 0 Å². The van der Waals surface area contributed by atoms with Crippen LogP contribution >= 0.6 is 0 Å². The molecule has 0 aliphatic carbocycles. The SMILES string of the molecule is Cn1cc([N+](=O)[O-])c(N2CCC(CC(=O)O)C2)n1. The number of aliphatic carboxylic acids is 1. The summed E-state index contributed by atoms with van der Waals surface area (Å²) in [5.74, 6) is -0.475. The minimum Gasteiger partial charge on any atom is -0.481 e. The number of carboxylic acids is 1. The van der Waals surface area contributed by atoms with Gasteiger partial charge in [0.05, 0.1) is 4.92 Å². The molecule has 2 rings (SSSR count). The van der Waals surface area contributed by atoms with E-state index >= 15 is 0 Å². The molecule has 1 fully saturated rings. The highest BCUT2D eigenvalue weighted by atomic mass is 16.6. The van der Waals surface area contributed by atoms with E-state index in [1.54, 1.807) is 11.9 Å². The summed E-state index contributed by atoms with van der Waals surface area (Å²) < 4.78 is 1.40. The average Bonchev–Trinajstić information content (AvgIpc) is 2.83. The molecule has 1 aliphatic heterocycles. The highest BCUT2D eigenvalue weighted by Gasteiger charge is 2.31. The van der Waals surface area contributed by atoms with Crippen LogP contribution in [0.25, 0.3) is 0 Å². The summed E-state index contributed by atoms with van der Waals surface area (Å²) in [6.07, 6.45) is 2.18. The van der Waals surface area contributed by atoms with Crippen molar-refractivity contribution in [1.82, 2.24) is 9.78 Å². The molecule has 1 aromatic heterocycles. The van der Waals surface area contributed by atoms with Crippen molar-refractivity contribution in [3.8, 4) is 0 Å². The molecule has 8 nitrogen and oxygen atoms in total. The number of hydrogen-bond donors (Lipinski definition) is 1. The number of carbonyl (C=O) groups is 1. The van der Waals surface area contributed by atoms with Crippen LogP contribution in [0.3, 0.4) is 0 Å². The van der Waals surface area contributed by atoms with Crippen LogP contribution in [0.15, 0.2) is 6.20 Å². The molecule has 0 spiro atoms. The van der Waals surface area contributed by atoms with Gasteiger partial charge in [0.15, 0.2) is 0 Å². The van der Waals surface area contributed by atoms with Crippen molar-refractivity contribution >= 4 is 17.5 Å². The number of aromatic nitrogens is 2. The smallest absolute Gasteiger partial charge is 0.330 e. The zero-order valence-electron chi connectivity index (χ0n) is 9.94. The highest BCUT2D eigenvalue weighted by molar-refractivity contribution is 5.67. The fraction of sp³-hybridized carbons (Fsp3) is 0.600. The van der Waals surface area contributed by atoms with E-state index in [-0.39, 0.29) is 18.0 Å².